The lowest BCUT2D eigenvalue weighted by molar-refractivity contribution is -0.167. The maximum absolute atomic E-state index is 14.2. The Hall–Kier alpha value is -2.40. The molecule has 0 aromatic heterocycles. The monoisotopic (exact) mass is 628 g/mol. The van der Waals surface area contributed by atoms with E-state index >= 15 is 0 Å². The van der Waals surface area contributed by atoms with Gasteiger partial charge in [0.1, 0.15) is 0 Å². The SMILES string of the molecule is CN(C)CCNC(=O)C12CCC(C)(C)CC1C1=CCC3C4(C)CC=C(c5ccc(C(=O)O)cc5)C(C)(C)C4CCC3(C)C1(C)CC2. The summed E-state index contributed by atoms with van der Waals surface area (Å²) >= 11 is 0. The van der Waals surface area contributed by atoms with Crippen LogP contribution in [0.5, 0.6) is 0 Å². The summed E-state index contributed by atoms with van der Waals surface area (Å²) in [5, 5.41) is 12.9. The number of carboxylic acids is 1. The van der Waals surface area contributed by atoms with Gasteiger partial charge in [0, 0.05) is 13.1 Å². The molecule has 1 amide bonds. The largest absolute Gasteiger partial charge is 0.478 e. The first-order valence-corrected chi connectivity index (χ1v) is 18.1. The number of amides is 1. The highest BCUT2D eigenvalue weighted by atomic mass is 16.4. The Labute approximate surface area is 278 Å². The number of carbonyl (C=O) groups is 2. The van der Waals surface area contributed by atoms with Gasteiger partial charge in [-0.2, -0.15) is 0 Å². The third-order valence-electron chi connectivity index (χ3n) is 15.0. The van der Waals surface area contributed by atoms with Gasteiger partial charge >= 0.3 is 5.97 Å². The number of nitrogens with zero attached hydrogens (tertiary/aromatic N) is 1. The van der Waals surface area contributed by atoms with Crippen LogP contribution >= 0.6 is 0 Å². The summed E-state index contributed by atoms with van der Waals surface area (Å²) in [6.45, 7) is 19.2. The second-order valence-corrected chi connectivity index (χ2v) is 18.4. The van der Waals surface area contributed by atoms with E-state index in [1.54, 1.807) is 17.7 Å². The van der Waals surface area contributed by atoms with Crippen LogP contribution < -0.4 is 5.32 Å². The van der Waals surface area contributed by atoms with E-state index in [2.05, 4.69) is 84.9 Å². The van der Waals surface area contributed by atoms with Gasteiger partial charge in [0.2, 0.25) is 5.91 Å². The first-order chi connectivity index (χ1) is 21.4. The fourth-order valence-corrected chi connectivity index (χ4v) is 12.1. The molecule has 0 aliphatic heterocycles. The Balaban J connectivity index is 1.35. The van der Waals surface area contributed by atoms with Crippen LogP contribution in [0.4, 0.5) is 0 Å². The molecule has 252 valence electrons. The number of carbonyl (C=O) groups excluding carboxylic acids is 1. The molecule has 2 N–H and O–H groups in total. The lowest BCUT2D eigenvalue weighted by atomic mass is 9.33. The number of benzene rings is 1. The summed E-state index contributed by atoms with van der Waals surface area (Å²) in [7, 11) is 4.15. The Morgan fingerprint density at radius 2 is 1.57 bits per heavy atom. The van der Waals surface area contributed by atoms with Crippen molar-refractivity contribution in [3.05, 3.63) is 53.1 Å². The van der Waals surface area contributed by atoms with E-state index in [0.29, 0.717) is 35.8 Å². The van der Waals surface area contributed by atoms with Crippen LogP contribution in [-0.4, -0.2) is 49.1 Å². The minimum atomic E-state index is -0.873. The third-order valence-corrected chi connectivity index (χ3v) is 15.0. The van der Waals surface area contributed by atoms with E-state index < -0.39 is 5.97 Å². The van der Waals surface area contributed by atoms with Crippen LogP contribution in [0.25, 0.3) is 5.57 Å². The molecule has 0 saturated heterocycles. The Bertz CT molecular complexity index is 1450. The van der Waals surface area contributed by atoms with Gasteiger partial charge < -0.3 is 15.3 Å². The standard InChI is InChI=1S/C41H60N2O3/c1-36(2)20-22-41(35(46)42-24-25-43(8)9)23-21-39(6)30(31(41)26-36)14-15-33-38(5)18-16-29(27-10-12-28(13-11-27)34(44)45)37(3,4)32(38)17-19-40(33,39)7/h10-14,16,31-33H,15,17-26H2,1-9H3,(H,42,46)(H,44,45). The van der Waals surface area contributed by atoms with E-state index in [4.69, 9.17) is 0 Å². The van der Waals surface area contributed by atoms with Crippen molar-refractivity contribution in [3.8, 4) is 0 Å². The molecule has 0 bridgehead atoms. The first kappa shape index (κ1) is 33.5. The van der Waals surface area contributed by atoms with Crippen molar-refractivity contribution in [2.45, 2.75) is 106 Å². The van der Waals surface area contributed by atoms with Gasteiger partial charge in [-0.3, -0.25) is 4.79 Å². The molecule has 46 heavy (non-hydrogen) atoms. The maximum atomic E-state index is 14.2. The maximum Gasteiger partial charge on any atom is 0.335 e. The number of hydrogen-bond acceptors (Lipinski definition) is 3. The average molecular weight is 629 g/mol. The van der Waals surface area contributed by atoms with Crippen LogP contribution in [0.3, 0.4) is 0 Å². The number of carboxylic acid groups (broad SMARTS) is 1. The highest BCUT2D eigenvalue weighted by Gasteiger charge is 2.68. The molecule has 0 radical (unpaired) electrons. The molecule has 3 saturated carbocycles. The molecule has 1 aromatic rings. The highest BCUT2D eigenvalue weighted by molar-refractivity contribution is 5.88. The highest BCUT2D eigenvalue weighted by Crippen LogP contribution is 2.76. The van der Waals surface area contributed by atoms with Crippen LogP contribution in [-0.2, 0) is 4.79 Å². The van der Waals surface area contributed by atoms with Crippen LogP contribution in [0.1, 0.15) is 122 Å². The summed E-state index contributed by atoms with van der Waals surface area (Å²) in [6.07, 6.45) is 15.1. The minimum Gasteiger partial charge on any atom is -0.478 e. The summed E-state index contributed by atoms with van der Waals surface area (Å²) in [5.74, 6) is 0.888. The zero-order valence-corrected chi connectivity index (χ0v) is 30.2. The van der Waals surface area contributed by atoms with E-state index in [9.17, 15) is 14.7 Å². The van der Waals surface area contributed by atoms with Crippen LogP contribution in [0.2, 0.25) is 0 Å². The van der Waals surface area contributed by atoms with Gasteiger partial charge in [-0.05, 0) is 140 Å². The quantitative estimate of drug-likeness (QED) is 0.309. The van der Waals surface area contributed by atoms with E-state index in [1.165, 1.54) is 18.4 Å². The molecule has 7 atom stereocenters. The third kappa shape index (κ3) is 4.88. The van der Waals surface area contributed by atoms with Crippen molar-refractivity contribution < 1.29 is 14.7 Å². The average Bonchev–Trinajstić information content (AvgIpc) is 2.97. The number of rotatable bonds is 6. The van der Waals surface area contributed by atoms with Gasteiger partial charge in [0.25, 0.3) is 0 Å². The summed E-state index contributed by atoms with van der Waals surface area (Å²) in [5.41, 5.74) is 4.92. The second kappa shape index (κ2) is 11.1. The summed E-state index contributed by atoms with van der Waals surface area (Å²) in [6, 6.07) is 7.54. The van der Waals surface area contributed by atoms with E-state index in [-0.39, 0.29) is 32.5 Å². The Morgan fingerprint density at radius 3 is 2.22 bits per heavy atom. The first-order valence-electron chi connectivity index (χ1n) is 18.1. The number of likely N-dealkylation sites (N-methyl/N-ethyl adjacent to an activating group) is 1. The number of allylic oxidation sites excluding steroid dienone is 4. The number of nitrogens with one attached hydrogen (secondary N) is 1. The molecule has 5 aliphatic rings. The van der Waals surface area contributed by atoms with Crippen LogP contribution in [0, 0.1) is 50.2 Å². The lowest BCUT2D eigenvalue weighted by Gasteiger charge is -2.70. The normalized spacial score (nSPS) is 39.1. The smallest absolute Gasteiger partial charge is 0.335 e. The molecule has 5 aliphatic carbocycles. The van der Waals surface area contributed by atoms with Gasteiger partial charge in [-0.25, -0.2) is 4.79 Å². The van der Waals surface area contributed by atoms with Gasteiger partial charge in [-0.15, -0.1) is 0 Å². The predicted octanol–water partition coefficient (Wildman–Crippen LogP) is 8.86. The van der Waals surface area contributed by atoms with Crippen LogP contribution in [0.15, 0.2) is 42.0 Å². The molecule has 5 heteroatoms. The Kier molecular flexibility index (Phi) is 8.06. The lowest BCUT2D eigenvalue weighted by Crippen LogP contribution is -2.64. The molecule has 3 fully saturated rings. The zero-order valence-electron chi connectivity index (χ0n) is 30.2. The molecule has 0 spiro atoms. The van der Waals surface area contributed by atoms with Crippen molar-refractivity contribution >= 4 is 17.4 Å². The molecule has 1 aromatic carbocycles. The molecule has 7 unspecified atom stereocenters. The number of hydrogen-bond donors (Lipinski definition) is 2. The molecule has 5 nitrogen and oxygen atoms in total. The van der Waals surface area contributed by atoms with E-state index in [1.807, 2.05) is 12.1 Å². The van der Waals surface area contributed by atoms with Gasteiger partial charge in [0.05, 0.1) is 11.0 Å². The fourth-order valence-electron chi connectivity index (χ4n) is 12.1. The Morgan fingerprint density at radius 1 is 0.891 bits per heavy atom. The van der Waals surface area contributed by atoms with Crippen molar-refractivity contribution in [1.29, 1.82) is 0 Å². The van der Waals surface area contributed by atoms with Crippen molar-refractivity contribution in [1.82, 2.24) is 10.2 Å². The molecular weight excluding hydrogens is 568 g/mol. The van der Waals surface area contributed by atoms with Crippen molar-refractivity contribution in [2.24, 2.45) is 50.2 Å². The number of aromatic carboxylic acids is 1. The number of fused-ring (bicyclic) bond motifs is 7. The van der Waals surface area contributed by atoms with Gasteiger partial charge in [0.15, 0.2) is 0 Å². The zero-order chi connectivity index (χ0) is 33.5. The topological polar surface area (TPSA) is 69.6 Å². The second-order valence-electron chi connectivity index (χ2n) is 18.4. The van der Waals surface area contributed by atoms with Gasteiger partial charge in [-0.1, -0.05) is 78.3 Å². The predicted molar refractivity (Wildman–Crippen MR) is 187 cm³/mol. The van der Waals surface area contributed by atoms with Crippen molar-refractivity contribution in [3.63, 3.8) is 0 Å². The summed E-state index contributed by atoms with van der Waals surface area (Å²) < 4.78 is 0. The molecular formula is C41H60N2O3. The molecule has 0 heterocycles. The van der Waals surface area contributed by atoms with Crippen molar-refractivity contribution in [2.75, 3.05) is 27.2 Å². The molecule has 6 rings (SSSR count). The summed E-state index contributed by atoms with van der Waals surface area (Å²) in [4.78, 5) is 27.9. The van der Waals surface area contributed by atoms with E-state index in [0.717, 1.165) is 57.1 Å². The minimum absolute atomic E-state index is 0.0102. The fraction of sp³-hybridized carbons (Fsp3) is 0.707.